The van der Waals surface area contributed by atoms with E-state index in [-0.39, 0.29) is 17.4 Å². The summed E-state index contributed by atoms with van der Waals surface area (Å²) in [5.41, 5.74) is 7.54. The molecule has 3 nitrogen and oxygen atoms in total. The van der Waals surface area contributed by atoms with Crippen LogP contribution in [0.15, 0.2) is 18.2 Å². The van der Waals surface area contributed by atoms with E-state index in [4.69, 9.17) is 5.73 Å². The number of nitrogens with two attached hydrogens (primary N) is 1. The van der Waals surface area contributed by atoms with Crippen molar-refractivity contribution in [3.63, 3.8) is 0 Å². The zero-order valence-electron chi connectivity index (χ0n) is 13.0. The van der Waals surface area contributed by atoms with Crippen molar-refractivity contribution < 1.29 is 4.39 Å². The van der Waals surface area contributed by atoms with Crippen LogP contribution in [0.3, 0.4) is 0 Å². The van der Waals surface area contributed by atoms with Gasteiger partial charge in [-0.1, -0.05) is 12.1 Å². The average molecular weight is 279 g/mol. The Hall–Kier alpha value is -0.970. The molecule has 1 atom stereocenters. The lowest BCUT2D eigenvalue weighted by Gasteiger charge is -2.45. The first-order valence-corrected chi connectivity index (χ1v) is 7.27. The first-order valence-electron chi connectivity index (χ1n) is 7.27. The smallest absolute Gasteiger partial charge is 0.128 e. The summed E-state index contributed by atoms with van der Waals surface area (Å²) < 4.78 is 14.1. The zero-order valence-corrected chi connectivity index (χ0v) is 13.0. The van der Waals surface area contributed by atoms with Crippen LogP contribution in [0.5, 0.6) is 0 Å². The molecule has 0 aromatic heterocycles. The zero-order chi connectivity index (χ0) is 14.9. The van der Waals surface area contributed by atoms with E-state index in [0.29, 0.717) is 6.54 Å². The van der Waals surface area contributed by atoms with Crippen LogP contribution in [0.2, 0.25) is 0 Å². The number of hydrogen-bond acceptors (Lipinski definition) is 3. The lowest BCUT2D eigenvalue weighted by atomic mass is 9.99. The monoisotopic (exact) mass is 279 g/mol. The molecule has 0 aliphatic carbocycles. The maximum Gasteiger partial charge on any atom is 0.128 e. The molecule has 1 heterocycles. The summed E-state index contributed by atoms with van der Waals surface area (Å²) in [6.45, 7) is 9.96. The molecule has 4 heteroatoms. The number of benzene rings is 1. The summed E-state index contributed by atoms with van der Waals surface area (Å²) in [4.78, 5) is 4.68. The molecule has 0 amide bonds. The molecule has 1 aliphatic heterocycles. The first kappa shape index (κ1) is 15.4. The van der Waals surface area contributed by atoms with E-state index in [1.807, 2.05) is 19.1 Å². The van der Waals surface area contributed by atoms with Gasteiger partial charge in [0.05, 0.1) is 0 Å². The fourth-order valence-electron chi connectivity index (χ4n) is 2.69. The Bertz CT molecular complexity index is 471. The lowest BCUT2D eigenvalue weighted by Crippen LogP contribution is -2.57. The molecular weight excluding hydrogens is 253 g/mol. The number of halogens is 1. The van der Waals surface area contributed by atoms with Gasteiger partial charge < -0.3 is 5.73 Å². The topological polar surface area (TPSA) is 32.5 Å². The van der Waals surface area contributed by atoms with Crippen molar-refractivity contribution in [1.82, 2.24) is 9.80 Å². The highest BCUT2D eigenvalue weighted by molar-refractivity contribution is 5.26. The number of likely N-dealkylation sites (N-methyl/N-ethyl adjacent to an activating group) is 1. The van der Waals surface area contributed by atoms with Crippen LogP contribution in [-0.4, -0.2) is 42.0 Å². The summed E-state index contributed by atoms with van der Waals surface area (Å²) in [5.74, 6) is -0.142. The quantitative estimate of drug-likeness (QED) is 0.922. The largest absolute Gasteiger partial charge is 0.324 e. The lowest BCUT2D eigenvalue weighted by molar-refractivity contribution is 0.0355. The summed E-state index contributed by atoms with van der Waals surface area (Å²) in [6.07, 6.45) is 0. The van der Waals surface area contributed by atoms with Crippen molar-refractivity contribution >= 4 is 0 Å². The Morgan fingerprint density at radius 2 is 2.05 bits per heavy atom. The van der Waals surface area contributed by atoms with Crippen LogP contribution in [0.4, 0.5) is 4.39 Å². The Kier molecular flexibility index (Phi) is 4.47. The normalized spacial score (nSPS) is 21.9. The third-order valence-corrected chi connectivity index (χ3v) is 4.39. The van der Waals surface area contributed by atoms with E-state index in [0.717, 1.165) is 30.8 Å². The fraction of sp³-hybridized carbons (Fsp3) is 0.625. The molecule has 0 bridgehead atoms. The molecule has 0 unspecified atom stereocenters. The Balaban J connectivity index is 2.07. The van der Waals surface area contributed by atoms with Crippen LogP contribution in [-0.2, 0) is 6.54 Å². The van der Waals surface area contributed by atoms with E-state index < -0.39 is 0 Å². The molecule has 1 aromatic carbocycles. The third kappa shape index (κ3) is 3.37. The molecule has 112 valence electrons. The predicted octanol–water partition coefficient (Wildman–Crippen LogP) is 2.37. The second kappa shape index (κ2) is 5.80. The van der Waals surface area contributed by atoms with Crippen LogP contribution in [0.25, 0.3) is 0 Å². The minimum Gasteiger partial charge on any atom is -0.324 e. The summed E-state index contributed by atoms with van der Waals surface area (Å²) in [7, 11) is 2.15. The maximum atomic E-state index is 14.1. The second-order valence-electron chi connectivity index (χ2n) is 6.58. The van der Waals surface area contributed by atoms with Gasteiger partial charge in [-0.3, -0.25) is 9.80 Å². The highest BCUT2D eigenvalue weighted by Crippen LogP contribution is 2.22. The van der Waals surface area contributed by atoms with E-state index in [2.05, 4.69) is 30.7 Å². The Labute approximate surface area is 121 Å². The molecule has 0 spiro atoms. The SMILES string of the molecule is C[C@H](N)c1ccc(CN2CCN(C)C(C)(C)C2)c(F)c1. The number of piperazine rings is 1. The molecule has 0 saturated carbocycles. The average Bonchev–Trinajstić information content (AvgIpc) is 2.35. The van der Waals surface area contributed by atoms with Gasteiger partial charge >= 0.3 is 0 Å². The van der Waals surface area contributed by atoms with Gasteiger partial charge in [0, 0.05) is 43.3 Å². The minimum atomic E-state index is -0.142. The molecule has 20 heavy (non-hydrogen) atoms. The highest BCUT2D eigenvalue weighted by atomic mass is 19.1. The van der Waals surface area contributed by atoms with Gasteiger partial charge in [-0.05, 0) is 39.4 Å². The Morgan fingerprint density at radius 1 is 1.35 bits per heavy atom. The molecule has 1 aliphatic rings. The van der Waals surface area contributed by atoms with Gasteiger partial charge in [-0.2, -0.15) is 0 Å². The molecule has 1 fully saturated rings. The van der Waals surface area contributed by atoms with Crippen LogP contribution >= 0.6 is 0 Å². The van der Waals surface area contributed by atoms with Crippen molar-refractivity contribution in [3.8, 4) is 0 Å². The molecule has 0 radical (unpaired) electrons. The third-order valence-electron chi connectivity index (χ3n) is 4.39. The van der Waals surface area contributed by atoms with Gasteiger partial charge in [-0.15, -0.1) is 0 Å². The maximum absolute atomic E-state index is 14.1. The number of nitrogens with zero attached hydrogens (tertiary/aromatic N) is 2. The van der Waals surface area contributed by atoms with Crippen molar-refractivity contribution in [2.75, 3.05) is 26.7 Å². The van der Waals surface area contributed by atoms with Gasteiger partial charge in [0.15, 0.2) is 0 Å². The number of hydrogen-bond donors (Lipinski definition) is 1. The van der Waals surface area contributed by atoms with Crippen LogP contribution in [0.1, 0.15) is 37.9 Å². The minimum absolute atomic E-state index is 0.124. The Morgan fingerprint density at radius 3 is 2.60 bits per heavy atom. The van der Waals surface area contributed by atoms with Gasteiger partial charge in [0.2, 0.25) is 0 Å². The molecule has 1 aromatic rings. The summed E-state index contributed by atoms with van der Waals surface area (Å²) in [6, 6.07) is 5.26. The first-order chi connectivity index (χ1) is 9.29. The molecular formula is C16H26FN3. The van der Waals surface area contributed by atoms with Gasteiger partial charge in [0.1, 0.15) is 5.82 Å². The van der Waals surface area contributed by atoms with Gasteiger partial charge in [0.25, 0.3) is 0 Å². The van der Waals surface area contributed by atoms with E-state index in [1.165, 1.54) is 0 Å². The molecule has 2 rings (SSSR count). The molecule has 1 saturated heterocycles. The van der Waals surface area contributed by atoms with Crippen molar-refractivity contribution in [1.29, 1.82) is 0 Å². The van der Waals surface area contributed by atoms with Gasteiger partial charge in [-0.25, -0.2) is 4.39 Å². The van der Waals surface area contributed by atoms with Crippen molar-refractivity contribution in [2.45, 2.75) is 38.9 Å². The van der Waals surface area contributed by atoms with Crippen molar-refractivity contribution in [2.24, 2.45) is 5.73 Å². The standard InChI is InChI=1S/C16H26FN3/c1-12(18)13-5-6-14(15(17)9-13)10-20-8-7-19(4)16(2,3)11-20/h5-6,9,12H,7-8,10-11,18H2,1-4H3/t12-/m0/s1. The predicted molar refractivity (Wildman–Crippen MR) is 81.0 cm³/mol. The summed E-state index contributed by atoms with van der Waals surface area (Å²) >= 11 is 0. The summed E-state index contributed by atoms with van der Waals surface area (Å²) in [5, 5.41) is 0. The van der Waals surface area contributed by atoms with E-state index >= 15 is 0 Å². The van der Waals surface area contributed by atoms with E-state index in [1.54, 1.807) is 6.07 Å². The molecule has 2 N–H and O–H groups in total. The fourth-order valence-corrected chi connectivity index (χ4v) is 2.69. The van der Waals surface area contributed by atoms with E-state index in [9.17, 15) is 4.39 Å². The number of rotatable bonds is 3. The van der Waals surface area contributed by atoms with Crippen LogP contribution in [0, 0.1) is 5.82 Å². The second-order valence-corrected chi connectivity index (χ2v) is 6.58. The van der Waals surface area contributed by atoms with Crippen LogP contribution < -0.4 is 5.73 Å². The highest BCUT2D eigenvalue weighted by Gasteiger charge is 2.31. The van der Waals surface area contributed by atoms with Crippen molar-refractivity contribution in [3.05, 3.63) is 35.1 Å².